The summed E-state index contributed by atoms with van der Waals surface area (Å²) in [7, 11) is -3.81. The first-order chi connectivity index (χ1) is 10.8. The normalized spacial score (nSPS) is 12.7. The van der Waals surface area contributed by atoms with E-state index < -0.39 is 22.0 Å². The largest absolute Gasteiger partial charge is 0.325 e. The summed E-state index contributed by atoms with van der Waals surface area (Å²) in [5.74, 6) is -0.482. The molecule has 23 heavy (non-hydrogen) atoms. The highest BCUT2D eigenvalue weighted by atomic mass is 35.5. The molecule has 0 saturated heterocycles. The maximum absolute atomic E-state index is 12.2. The van der Waals surface area contributed by atoms with Gasteiger partial charge in [0.2, 0.25) is 15.9 Å². The molecular weight excluding hydrogens is 359 g/mol. The van der Waals surface area contributed by atoms with Crippen LogP contribution in [0, 0.1) is 0 Å². The van der Waals surface area contributed by atoms with Gasteiger partial charge in [0, 0.05) is 15.7 Å². The number of nitrogens with one attached hydrogen (secondary N) is 2. The number of anilines is 1. The molecular formula is C15H14Cl2N2O3S. The maximum Gasteiger partial charge on any atom is 0.242 e. The molecule has 0 aliphatic carbocycles. The van der Waals surface area contributed by atoms with E-state index in [4.69, 9.17) is 23.2 Å². The first kappa shape index (κ1) is 17.7. The first-order valence-corrected chi connectivity index (χ1v) is 8.86. The van der Waals surface area contributed by atoms with Gasteiger partial charge in [0.05, 0.1) is 10.9 Å². The second-order valence-electron chi connectivity index (χ2n) is 4.79. The fourth-order valence-corrected chi connectivity index (χ4v) is 3.21. The number of benzene rings is 2. The van der Waals surface area contributed by atoms with E-state index in [0.717, 1.165) is 0 Å². The quantitative estimate of drug-likeness (QED) is 0.845. The fourth-order valence-electron chi connectivity index (χ4n) is 1.75. The molecule has 0 aliphatic heterocycles. The average molecular weight is 373 g/mol. The van der Waals surface area contributed by atoms with Crippen molar-refractivity contribution in [3.63, 3.8) is 0 Å². The monoisotopic (exact) mass is 372 g/mol. The lowest BCUT2D eigenvalue weighted by Gasteiger charge is -2.14. The molecule has 1 atom stereocenters. The van der Waals surface area contributed by atoms with Crippen LogP contribution in [0.2, 0.25) is 10.0 Å². The lowest BCUT2D eigenvalue weighted by Crippen LogP contribution is -2.41. The van der Waals surface area contributed by atoms with Crippen molar-refractivity contribution in [1.29, 1.82) is 0 Å². The van der Waals surface area contributed by atoms with Crippen LogP contribution < -0.4 is 10.0 Å². The molecule has 2 rings (SSSR count). The molecule has 0 bridgehead atoms. The highest BCUT2D eigenvalue weighted by Gasteiger charge is 2.22. The summed E-state index contributed by atoms with van der Waals surface area (Å²) in [6, 6.07) is 11.2. The van der Waals surface area contributed by atoms with Gasteiger partial charge in [0.15, 0.2) is 0 Å². The summed E-state index contributed by atoms with van der Waals surface area (Å²) in [5, 5.41) is 3.58. The second-order valence-corrected chi connectivity index (χ2v) is 7.38. The summed E-state index contributed by atoms with van der Waals surface area (Å²) in [6.07, 6.45) is 0. The predicted molar refractivity (Wildman–Crippen MR) is 91.3 cm³/mol. The van der Waals surface area contributed by atoms with Crippen molar-refractivity contribution in [3.05, 3.63) is 58.6 Å². The topological polar surface area (TPSA) is 75.3 Å². The van der Waals surface area contributed by atoms with Gasteiger partial charge in [-0.1, -0.05) is 23.2 Å². The second kappa shape index (κ2) is 7.31. The molecule has 122 valence electrons. The molecule has 2 aromatic rings. The van der Waals surface area contributed by atoms with Crippen LogP contribution in [-0.4, -0.2) is 20.4 Å². The summed E-state index contributed by atoms with van der Waals surface area (Å²) < 4.78 is 26.7. The Morgan fingerprint density at radius 2 is 1.43 bits per heavy atom. The summed E-state index contributed by atoms with van der Waals surface area (Å²) in [6.45, 7) is 1.46. The Kier molecular flexibility index (Phi) is 5.64. The smallest absolute Gasteiger partial charge is 0.242 e. The van der Waals surface area contributed by atoms with Crippen molar-refractivity contribution < 1.29 is 13.2 Å². The zero-order valence-corrected chi connectivity index (χ0v) is 14.4. The SMILES string of the molecule is C[C@H](NS(=O)(=O)c1ccc(Cl)cc1)C(=O)Nc1ccc(Cl)cc1. The van der Waals surface area contributed by atoms with Gasteiger partial charge in [-0.15, -0.1) is 0 Å². The van der Waals surface area contributed by atoms with Gasteiger partial charge in [-0.25, -0.2) is 8.42 Å². The molecule has 0 aliphatic rings. The standard InChI is InChI=1S/C15H14Cl2N2O3S/c1-10(15(20)18-13-6-2-11(16)3-7-13)19-23(21,22)14-8-4-12(17)5-9-14/h2-10,19H,1H3,(H,18,20)/t10-/m0/s1. The number of amides is 1. The maximum atomic E-state index is 12.2. The van der Waals surface area contributed by atoms with E-state index in [1.807, 2.05) is 0 Å². The number of carbonyl (C=O) groups excluding carboxylic acids is 1. The van der Waals surface area contributed by atoms with E-state index in [1.54, 1.807) is 24.3 Å². The van der Waals surface area contributed by atoms with Gasteiger partial charge in [-0.05, 0) is 55.5 Å². The molecule has 1 amide bonds. The highest BCUT2D eigenvalue weighted by Crippen LogP contribution is 2.15. The molecule has 8 heteroatoms. The lowest BCUT2D eigenvalue weighted by molar-refractivity contribution is -0.117. The molecule has 0 aromatic heterocycles. The van der Waals surface area contributed by atoms with Crippen molar-refractivity contribution in [3.8, 4) is 0 Å². The number of halogens is 2. The minimum Gasteiger partial charge on any atom is -0.325 e. The number of hydrogen-bond acceptors (Lipinski definition) is 3. The Morgan fingerprint density at radius 1 is 0.957 bits per heavy atom. The number of carbonyl (C=O) groups is 1. The Morgan fingerprint density at radius 3 is 1.96 bits per heavy atom. The molecule has 0 saturated carbocycles. The van der Waals surface area contributed by atoms with E-state index in [1.165, 1.54) is 31.2 Å². The highest BCUT2D eigenvalue weighted by molar-refractivity contribution is 7.89. The minimum absolute atomic E-state index is 0.0352. The van der Waals surface area contributed by atoms with E-state index in [0.29, 0.717) is 15.7 Å². The van der Waals surface area contributed by atoms with Gasteiger partial charge >= 0.3 is 0 Å². The average Bonchev–Trinajstić information content (AvgIpc) is 2.49. The van der Waals surface area contributed by atoms with Crippen LogP contribution in [0.15, 0.2) is 53.4 Å². The van der Waals surface area contributed by atoms with E-state index >= 15 is 0 Å². The summed E-state index contributed by atoms with van der Waals surface area (Å²) >= 11 is 11.5. The van der Waals surface area contributed by atoms with E-state index in [2.05, 4.69) is 10.0 Å². The van der Waals surface area contributed by atoms with Gasteiger partial charge in [-0.3, -0.25) is 4.79 Å². The molecule has 0 unspecified atom stereocenters. The third-order valence-corrected chi connectivity index (χ3v) is 5.02. The van der Waals surface area contributed by atoms with Crippen LogP contribution in [0.4, 0.5) is 5.69 Å². The van der Waals surface area contributed by atoms with Crippen LogP contribution in [0.1, 0.15) is 6.92 Å². The van der Waals surface area contributed by atoms with Gasteiger partial charge in [0.25, 0.3) is 0 Å². The fraction of sp³-hybridized carbons (Fsp3) is 0.133. The Balaban J connectivity index is 2.05. The Bertz CT molecular complexity index is 790. The third kappa shape index (κ3) is 4.94. The Labute approximate surface area is 144 Å². The minimum atomic E-state index is -3.81. The predicted octanol–water partition coefficient (Wildman–Crippen LogP) is 3.30. The zero-order chi connectivity index (χ0) is 17.0. The molecule has 0 radical (unpaired) electrons. The first-order valence-electron chi connectivity index (χ1n) is 6.62. The Hall–Kier alpha value is -1.60. The third-order valence-electron chi connectivity index (χ3n) is 2.96. The summed E-state index contributed by atoms with van der Waals surface area (Å²) in [4.78, 5) is 12.1. The van der Waals surface area contributed by atoms with Gasteiger partial charge in [-0.2, -0.15) is 4.72 Å². The van der Waals surface area contributed by atoms with Gasteiger partial charge in [0.1, 0.15) is 0 Å². The summed E-state index contributed by atoms with van der Waals surface area (Å²) in [5.41, 5.74) is 0.525. The molecule has 5 nitrogen and oxygen atoms in total. The molecule has 0 heterocycles. The number of hydrogen-bond donors (Lipinski definition) is 2. The number of rotatable bonds is 5. The van der Waals surface area contributed by atoms with E-state index in [9.17, 15) is 13.2 Å². The van der Waals surface area contributed by atoms with E-state index in [-0.39, 0.29) is 4.90 Å². The van der Waals surface area contributed by atoms with Crippen molar-refractivity contribution in [2.45, 2.75) is 17.9 Å². The molecule has 2 aromatic carbocycles. The van der Waals surface area contributed by atoms with Crippen LogP contribution in [-0.2, 0) is 14.8 Å². The van der Waals surface area contributed by atoms with Crippen LogP contribution in [0.5, 0.6) is 0 Å². The van der Waals surface area contributed by atoms with Crippen LogP contribution in [0.3, 0.4) is 0 Å². The van der Waals surface area contributed by atoms with Crippen molar-refractivity contribution in [2.24, 2.45) is 0 Å². The van der Waals surface area contributed by atoms with Crippen molar-refractivity contribution in [1.82, 2.24) is 4.72 Å². The zero-order valence-electron chi connectivity index (χ0n) is 12.1. The molecule has 0 spiro atoms. The molecule has 0 fully saturated rings. The lowest BCUT2D eigenvalue weighted by atomic mass is 10.3. The van der Waals surface area contributed by atoms with Crippen molar-refractivity contribution >= 4 is 44.8 Å². The van der Waals surface area contributed by atoms with Crippen LogP contribution in [0.25, 0.3) is 0 Å². The molecule has 2 N–H and O–H groups in total. The number of sulfonamides is 1. The van der Waals surface area contributed by atoms with Crippen molar-refractivity contribution in [2.75, 3.05) is 5.32 Å². The van der Waals surface area contributed by atoms with Gasteiger partial charge < -0.3 is 5.32 Å². The van der Waals surface area contributed by atoms with Crippen LogP contribution >= 0.6 is 23.2 Å².